The molecule has 0 aliphatic carbocycles. The Labute approximate surface area is 124 Å². The van der Waals surface area contributed by atoms with Gasteiger partial charge in [0.15, 0.2) is 5.69 Å². The summed E-state index contributed by atoms with van der Waals surface area (Å²) < 4.78 is 0. The number of rotatable bonds is 4. The van der Waals surface area contributed by atoms with Gasteiger partial charge in [-0.25, -0.2) is 0 Å². The van der Waals surface area contributed by atoms with E-state index in [1.165, 1.54) is 0 Å². The van der Waals surface area contributed by atoms with Gasteiger partial charge in [0.25, 0.3) is 5.91 Å². The molecule has 2 aromatic rings. The molecular formula is C16H22N4O. The molecule has 1 aliphatic rings. The lowest BCUT2D eigenvalue weighted by Crippen LogP contribution is -2.41. The molecule has 1 aromatic heterocycles. The van der Waals surface area contributed by atoms with Gasteiger partial charge in [-0.15, -0.1) is 0 Å². The normalized spacial score (nSPS) is 16.5. The Morgan fingerprint density at radius 2 is 2.14 bits per heavy atom. The van der Waals surface area contributed by atoms with Crippen molar-refractivity contribution in [2.45, 2.75) is 19.8 Å². The molecule has 112 valence electrons. The predicted octanol–water partition coefficient (Wildman–Crippen LogP) is 2.02. The van der Waals surface area contributed by atoms with Crippen LogP contribution in [0.25, 0.3) is 10.9 Å². The number of carbonyl (C=O) groups is 1. The lowest BCUT2D eigenvalue weighted by Gasteiger charge is -2.31. The van der Waals surface area contributed by atoms with Gasteiger partial charge in [-0.2, -0.15) is 5.10 Å². The molecule has 5 heteroatoms. The number of amides is 1. The van der Waals surface area contributed by atoms with Crippen LogP contribution in [-0.4, -0.2) is 47.2 Å². The molecule has 1 saturated heterocycles. The number of hydrogen-bond donors (Lipinski definition) is 2. The molecule has 1 aromatic carbocycles. The highest BCUT2D eigenvalue weighted by Crippen LogP contribution is 2.21. The summed E-state index contributed by atoms with van der Waals surface area (Å²) in [6, 6.07) is 7.78. The Morgan fingerprint density at radius 1 is 1.38 bits per heavy atom. The summed E-state index contributed by atoms with van der Waals surface area (Å²) in [5, 5.41) is 11.5. The minimum absolute atomic E-state index is 0.0503. The largest absolute Gasteiger partial charge is 0.337 e. The molecule has 0 saturated carbocycles. The molecule has 5 nitrogen and oxygen atoms in total. The van der Waals surface area contributed by atoms with E-state index in [0.717, 1.165) is 49.9 Å². The first kappa shape index (κ1) is 14.1. The SMILES string of the molecule is CCNCC1CCN(C(=O)c2n[nH]c3ccccc23)CC1. The second kappa shape index (κ2) is 6.26. The Bertz CT molecular complexity index is 614. The van der Waals surface area contributed by atoms with E-state index in [-0.39, 0.29) is 5.91 Å². The average molecular weight is 286 g/mol. The second-order valence-corrected chi connectivity index (χ2v) is 5.66. The maximum atomic E-state index is 12.6. The van der Waals surface area contributed by atoms with Crippen molar-refractivity contribution in [3.05, 3.63) is 30.0 Å². The van der Waals surface area contributed by atoms with Crippen LogP contribution >= 0.6 is 0 Å². The zero-order valence-corrected chi connectivity index (χ0v) is 12.4. The third-order valence-corrected chi connectivity index (χ3v) is 4.26. The molecule has 0 radical (unpaired) electrons. The maximum Gasteiger partial charge on any atom is 0.274 e. The van der Waals surface area contributed by atoms with Crippen molar-refractivity contribution in [3.63, 3.8) is 0 Å². The van der Waals surface area contributed by atoms with Crippen LogP contribution in [0, 0.1) is 5.92 Å². The van der Waals surface area contributed by atoms with Gasteiger partial charge in [-0.1, -0.05) is 25.1 Å². The Balaban J connectivity index is 1.67. The Hall–Kier alpha value is -1.88. The van der Waals surface area contributed by atoms with Gasteiger partial charge >= 0.3 is 0 Å². The van der Waals surface area contributed by atoms with Crippen LogP contribution in [0.15, 0.2) is 24.3 Å². The predicted molar refractivity (Wildman–Crippen MR) is 83.3 cm³/mol. The molecule has 0 unspecified atom stereocenters. The van der Waals surface area contributed by atoms with Crippen molar-refractivity contribution in [3.8, 4) is 0 Å². The standard InChI is InChI=1S/C16H22N4O/c1-2-17-11-12-7-9-20(10-8-12)16(21)15-13-5-3-4-6-14(13)18-19-15/h3-6,12,17H,2,7-11H2,1H3,(H,18,19). The van der Waals surface area contributed by atoms with E-state index in [1.807, 2.05) is 29.2 Å². The number of fused-ring (bicyclic) bond motifs is 1. The smallest absolute Gasteiger partial charge is 0.274 e. The van der Waals surface area contributed by atoms with E-state index in [0.29, 0.717) is 11.6 Å². The van der Waals surface area contributed by atoms with Gasteiger partial charge in [0, 0.05) is 18.5 Å². The number of aromatic nitrogens is 2. The number of aromatic amines is 1. The zero-order valence-electron chi connectivity index (χ0n) is 12.4. The topological polar surface area (TPSA) is 61.0 Å². The van der Waals surface area contributed by atoms with E-state index in [2.05, 4.69) is 22.4 Å². The van der Waals surface area contributed by atoms with Crippen LogP contribution in [0.5, 0.6) is 0 Å². The minimum atomic E-state index is 0.0503. The lowest BCUT2D eigenvalue weighted by atomic mass is 9.96. The molecule has 0 atom stereocenters. The number of nitrogens with zero attached hydrogens (tertiary/aromatic N) is 2. The molecule has 1 fully saturated rings. The van der Waals surface area contributed by atoms with Crippen molar-refractivity contribution >= 4 is 16.8 Å². The molecule has 1 aliphatic heterocycles. The van der Waals surface area contributed by atoms with Crippen molar-refractivity contribution in [1.82, 2.24) is 20.4 Å². The van der Waals surface area contributed by atoms with Gasteiger partial charge < -0.3 is 10.2 Å². The van der Waals surface area contributed by atoms with Gasteiger partial charge in [0.1, 0.15) is 0 Å². The van der Waals surface area contributed by atoms with E-state index >= 15 is 0 Å². The molecular weight excluding hydrogens is 264 g/mol. The minimum Gasteiger partial charge on any atom is -0.337 e. The summed E-state index contributed by atoms with van der Waals surface area (Å²) in [7, 11) is 0. The third kappa shape index (κ3) is 2.93. The van der Waals surface area contributed by atoms with Crippen LogP contribution in [-0.2, 0) is 0 Å². The number of nitrogens with one attached hydrogen (secondary N) is 2. The quantitative estimate of drug-likeness (QED) is 0.904. The fraction of sp³-hybridized carbons (Fsp3) is 0.500. The first-order chi connectivity index (χ1) is 10.3. The molecule has 0 spiro atoms. The summed E-state index contributed by atoms with van der Waals surface area (Å²) in [5.41, 5.74) is 1.47. The molecule has 2 heterocycles. The van der Waals surface area contributed by atoms with Crippen LogP contribution in [0.3, 0.4) is 0 Å². The van der Waals surface area contributed by atoms with Gasteiger partial charge in [-0.05, 0) is 37.9 Å². The van der Waals surface area contributed by atoms with Crippen molar-refractivity contribution < 1.29 is 4.79 Å². The van der Waals surface area contributed by atoms with E-state index < -0.39 is 0 Å². The highest BCUT2D eigenvalue weighted by molar-refractivity contribution is 6.04. The summed E-state index contributed by atoms with van der Waals surface area (Å²) in [5.74, 6) is 0.735. The Morgan fingerprint density at radius 3 is 2.90 bits per heavy atom. The van der Waals surface area contributed by atoms with Crippen molar-refractivity contribution in [1.29, 1.82) is 0 Å². The number of H-pyrrole nitrogens is 1. The summed E-state index contributed by atoms with van der Waals surface area (Å²) in [4.78, 5) is 14.6. The molecule has 0 bridgehead atoms. The summed E-state index contributed by atoms with van der Waals surface area (Å²) in [6.07, 6.45) is 2.14. The molecule has 21 heavy (non-hydrogen) atoms. The number of para-hydroxylation sites is 1. The van der Waals surface area contributed by atoms with Crippen LogP contribution in [0.1, 0.15) is 30.3 Å². The third-order valence-electron chi connectivity index (χ3n) is 4.26. The van der Waals surface area contributed by atoms with Gasteiger partial charge in [0.05, 0.1) is 5.52 Å². The first-order valence-electron chi connectivity index (χ1n) is 7.72. The lowest BCUT2D eigenvalue weighted by molar-refractivity contribution is 0.0686. The highest BCUT2D eigenvalue weighted by Gasteiger charge is 2.25. The molecule has 2 N–H and O–H groups in total. The second-order valence-electron chi connectivity index (χ2n) is 5.66. The highest BCUT2D eigenvalue weighted by atomic mass is 16.2. The Kier molecular flexibility index (Phi) is 4.20. The van der Waals surface area contributed by atoms with Gasteiger partial charge in [-0.3, -0.25) is 9.89 Å². The van der Waals surface area contributed by atoms with Crippen molar-refractivity contribution in [2.75, 3.05) is 26.2 Å². The van der Waals surface area contributed by atoms with Crippen LogP contribution in [0.4, 0.5) is 0 Å². The van der Waals surface area contributed by atoms with Crippen molar-refractivity contribution in [2.24, 2.45) is 5.92 Å². The number of benzene rings is 1. The van der Waals surface area contributed by atoms with E-state index in [9.17, 15) is 4.79 Å². The average Bonchev–Trinajstić information content (AvgIpc) is 2.97. The van der Waals surface area contributed by atoms with Crippen LogP contribution in [0.2, 0.25) is 0 Å². The number of piperidine rings is 1. The maximum absolute atomic E-state index is 12.6. The first-order valence-corrected chi connectivity index (χ1v) is 7.72. The number of carbonyl (C=O) groups excluding carboxylic acids is 1. The van der Waals surface area contributed by atoms with E-state index in [1.54, 1.807) is 0 Å². The summed E-state index contributed by atoms with van der Waals surface area (Å²) in [6.45, 7) is 5.86. The number of hydrogen-bond acceptors (Lipinski definition) is 3. The zero-order chi connectivity index (χ0) is 14.7. The van der Waals surface area contributed by atoms with E-state index in [4.69, 9.17) is 0 Å². The van der Waals surface area contributed by atoms with Crippen LogP contribution < -0.4 is 5.32 Å². The fourth-order valence-electron chi connectivity index (χ4n) is 2.96. The van der Waals surface area contributed by atoms with Gasteiger partial charge in [0.2, 0.25) is 0 Å². The number of likely N-dealkylation sites (tertiary alicyclic amines) is 1. The molecule has 1 amide bonds. The molecule has 3 rings (SSSR count). The monoisotopic (exact) mass is 286 g/mol. The fourth-order valence-corrected chi connectivity index (χ4v) is 2.96. The summed E-state index contributed by atoms with van der Waals surface area (Å²) >= 11 is 0.